The van der Waals surface area contributed by atoms with Gasteiger partial charge in [0.2, 0.25) is 0 Å². The minimum atomic E-state index is -1.15. The van der Waals surface area contributed by atoms with Crippen molar-refractivity contribution in [3.8, 4) is 0 Å². The highest BCUT2D eigenvalue weighted by Crippen LogP contribution is 2.13. The molecule has 1 heterocycles. The van der Waals surface area contributed by atoms with Crippen LogP contribution in [0.15, 0.2) is 10.9 Å². The third kappa shape index (κ3) is 1.81. The second kappa shape index (κ2) is 3.49. The Labute approximate surface area is 78.4 Å². The first-order chi connectivity index (χ1) is 6.06. The molecule has 6 heteroatoms. The van der Waals surface area contributed by atoms with Gasteiger partial charge in [-0.2, -0.15) is 0 Å². The van der Waals surface area contributed by atoms with Crippen molar-refractivity contribution in [1.29, 1.82) is 0 Å². The number of rotatable bonds is 2. The molecular weight excluding hydrogens is 196 g/mol. The van der Waals surface area contributed by atoms with E-state index in [9.17, 15) is 9.59 Å². The van der Waals surface area contributed by atoms with Gasteiger partial charge in [0.05, 0.1) is 0 Å². The van der Waals surface area contributed by atoms with Crippen LogP contribution in [0.3, 0.4) is 0 Å². The summed E-state index contributed by atoms with van der Waals surface area (Å²) in [4.78, 5) is 23.9. The molecule has 0 saturated heterocycles. The van der Waals surface area contributed by atoms with Crippen LogP contribution in [0.25, 0.3) is 0 Å². The van der Waals surface area contributed by atoms with Gasteiger partial charge in [-0.25, -0.2) is 4.79 Å². The highest BCUT2D eigenvalue weighted by atomic mass is 35.5. The van der Waals surface area contributed by atoms with Gasteiger partial charge in [-0.05, 0) is 6.07 Å². The number of hydrogen-bond acceptors (Lipinski definition) is 3. The van der Waals surface area contributed by atoms with Crippen LogP contribution in [-0.2, 0) is 0 Å². The zero-order valence-electron chi connectivity index (χ0n) is 6.72. The standard InChI is InChI=1S/C7H7ClN2O3/c1-9-5-3(7(12)13)2-4(8)6(11)10-5/h2H,1H3,(H,12,13)(H2,9,10,11). The molecule has 0 spiro atoms. The maximum atomic E-state index is 11.0. The van der Waals surface area contributed by atoms with E-state index in [-0.39, 0.29) is 16.4 Å². The average Bonchev–Trinajstić information content (AvgIpc) is 2.08. The monoisotopic (exact) mass is 202 g/mol. The van der Waals surface area contributed by atoms with E-state index in [0.717, 1.165) is 6.07 Å². The second-order valence-electron chi connectivity index (χ2n) is 2.29. The molecule has 0 radical (unpaired) electrons. The van der Waals surface area contributed by atoms with Crippen LogP contribution < -0.4 is 10.9 Å². The van der Waals surface area contributed by atoms with E-state index in [1.807, 2.05) is 0 Å². The number of nitrogens with one attached hydrogen (secondary N) is 2. The number of pyridine rings is 1. The summed E-state index contributed by atoms with van der Waals surface area (Å²) >= 11 is 5.45. The van der Waals surface area contributed by atoms with Crippen LogP contribution in [0.1, 0.15) is 10.4 Å². The van der Waals surface area contributed by atoms with E-state index in [2.05, 4.69) is 10.3 Å². The fraction of sp³-hybridized carbons (Fsp3) is 0.143. The molecule has 0 unspecified atom stereocenters. The largest absolute Gasteiger partial charge is 0.478 e. The Kier molecular flexibility index (Phi) is 2.57. The van der Waals surface area contributed by atoms with Crippen molar-refractivity contribution < 1.29 is 9.90 Å². The topological polar surface area (TPSA) is 82.2 Å². The zero-order chi connectivity index (χ0) is 10.0. The number of aromatic amines is 1. The predicted molar refractivity (Wildman–Crippen MR) is 48.6 cm³/mol. The third-order valence-electron chi connectivity index (χ3n) is 1.48. The third-order valence-corrected chi connectivity index (χ3v) is 1.76. The molecule has 0 aliphatic rings. The summed E-state index contributed by atoms with van der Waals surface area (Å²) in [6.07, 6.45) is 0. The number of carboxylic acids is 1. The number of hydrogen-bond donors (Lipinski definition) is 3. The lowest BCUT2D eigenvalue weighted by Crippen LogP contribution is -2.14. The number of anilines is 1. The summed E-state index contributed by atoms with van der Waals surface area (Å²) in [5, 5.41) is 11.1. The molecule has 70 valence electrons. The lowest BCUT2D eigenvalue weighted by Gasteiger charge is -2.04. The van der Waals surface area contributed by atoms with Gasteiger partial charge in [0.25, 0.3) is 5.56 Å². The SMILES string of the molecule is CNc1[nH]c(=O)c(Cl)cc1C(=O)O. The molecule has 0 saturated carbocycles. The van der Waals surface area contributed by atoms with Gasteiger partial charge in [0.15, 0.2) is 0 Å². The first kappa shape index (κ1) is 9.60. The first-order valence-corrected chi connectivity index (χ1v) is 3.78. The average molecular weight is 203 g/mol. The molecule has 3 N–H and O–H groups in total. The van der Waals surface area contributed by atoms with Crippen LogP contribution >= 0.6 is 11.6 Å². The van der Waals surface area contributed by atoms with Crippen LogP contribution in [0, 0.1) is 0 Å². The number of aromatic carboxylic acids is 1. The smallest absolute Gasteiger partial charge is 0.339 e. The second-order valence-corrected chi connectivity index (χ2v) is 2.70. The predicted octanol–water partition coefficient (Wildman–Crippen LogP) is 0.768. The maximum absolute atomic E-state index is 11.0. The van der Waals surface area contributed by atoms with Gasteiger partial charge in [-0.15, -0.1) is 0 Å². The lowest BCUT2D eigenvalue weighted by molar-refractivity contribution is 0.0697. The van der Waals surface area contributed by atoms with E-state index < -0.39 is 11.5 Å². The molecule has 0 amide bonds. The maximum Gasteiger partial charge on any atom is 0.339 e. The molecule has 1 aromatic rings. The summed E-state index contributed by atoms with van der Waals surface area (Å²) in [6.45, 7) is 0. The zero-order valence-corrected chi connectivity index (χ0v) is 7.47. The lowest BCUT2D eigenvalue weighted by atomic mass is 10.2. The molecule has 5 nitrogen and oxygen atoms in total. The van der Waals surface area contributed by atoms with Gasteiger partial charge in [-0.1, -0.05) is 11.6 Å². The Morgan fingerprint density at radius 2 is 2.31 bits per heavy atom. The molecule has 0 fully saturated rings. The minimum absolute atomic E-state index is 0.0629. The summed E-state index contributed by atoms with van der Waals surface area (Å²) in [7, 11) is 1.51. The number of carboxylic acid groups (broad SMARTS) is 1. The molecule has 0 aliphatic carbocycles. The molecule has 0 aliphatic heterocycles. The van der Waals surface area contributed by atoms with E-state index in [1.54, 1.807) is 0 Å². The molecule has 0 aromatic carbocycles. The van der Waals surface area contributed by atoms with Crippen LogP contribution in [0.5, 0.6) is 0 Å². The van der Waals surface area contributed by atoms with Crippen LogP contribution in [0.2, 0.25) is 5.02 Å². The summed E-state index contributed by atoms with van der Waals surface area (Å²) in [5.74, 6) is -1.01. The first-order valence-electron chi connectivity index (χ1n) is 3.40. The van der Waals surface area contributed by atoms with Crippen molar-refractivity contribution >= 4 is 23.4 Å². The van der Waals surface area contributed by atoms with E-state index >= 15 is 0 Å². The molecule has 1 rings (SSSR count). The minimum Gasteiger partial charge on any atom is -0.478 e. The van der Waals surface area contributed by atoms with E-state index in [4.69, 9.17) is 16.7 Å². The van der Waals surface area contributed by atoms with Gasteiger partial charge < -0.3 is 15.4 Å². The number of halogens is 1. The number of H-pyrrole nitrogens is 1. The van der Waals surface area contributed by atoms with Crippen molar-refractivity contribution in [3.63, 3.8) is 0 Å². The fourth-order valence-corrected chi connectivity index (χ4v) is 1.03. The van der Waals surface area contributed by atoms with Crippen LogP contribution in [-0.4, -0.2) is 23.1 Å². The Hall–Kier alpha value is -1.49. The quantitative estimate of drug-likeness (QED) is 0.662. The normalized spacial score (nSPS) is 9.69. The van der Waals surface area contributed by atoms with Crippen molar-refractivity contribution in [2.45, 2.75) is 0 Å². The molecule has 0 atom stereocenters. The van der Waals surface area contributed by atoms with Gasteiger partial charge >= 0.3 is 5.97 Å². The number of carbonyl (C=O) groups is 1. The van der Waals surface area contributed by atoms with E-state index in [1.165, 1.54) is 7.05 Å². The van der Waals surface area contributed by atoms with Crippen molar-refractivity contribution in [2.24, 2.45) is 0 Å². The highest BCUT2D eigenvalue weighted by molar-refractivity contribution is 6.30. The summed E-state index contributed by atoms with van der Waals surface area (Å²) in [6, 6.07) is 1.11. The molecule has 13 heavy (non-hydrogen) atoms. The highest BCUT2D eigenvalue weighted by Gasteiger charge is 2.11. The van der Waals surface area contributed by atoms with Gasteiger partial charge in [0, 0.05) is 7.05 Å². The molecule has 1 aromatic heterocycles. The number of aromatic nitrogens is 1. The Morgan fingerprint density at radius 3 is 2.77 bits per heavy atom. The van der Waals surface area contributed by atoms with E-state index in [0.29, 0.717) is 0 Å². The molecule has 0 bridgehead atoms. The van der Waals surface area contributed by atoms with Crippen molar-refractivity contribution in [2.75, 3.05) is 12.4 Å². The summed E-state index contributed by atoms with van der Waals surface area (Å²) < 4.78 is 0. The Balaban J connectivity index is 3.42. The Bertz CT molecular complexity index is 399. The van der Waals surface area contributed by atoms with Crippen LogP contribution in [0.4, 0.5) is 5.82 Å². The van der Waals surface area contributed by atoms with Crippen molar-refractivity contribution in [1.82, 2.24) is 4.98 Å². The van der Waals surface area contributed by atoms with Gasteiger partial charge in [-0.3, -0.25) is 4.79 Å². The van der Waals surface area contributed by atoms with Gasteiger partial charge in [0.1, 0.15) is 16.4 Å². The molecular formula is C7H7ClN2O3. The summed E-state index contributed by atoms with van der Waals surface area (Å²) in [5.41, 5.74) is -0.580. The van der Waals surface area contributed by atoms with Crippen molar-refractivity contribution in [3.05, 3.63) is 27.0 Å². The fourth-order valence-electron chi connectivity index (χ4n) is 0.871. The Morgan fingerprint density at radius 1 is 1.69 bits per heavy atom.